The minimum atomic E-state index is -1.13. The lowest BCUT2D eigenvalue weighted by molar-refractivity contribution is -0.121. The fourth-order valence-electron chi connectivity index (χ4n) is 3.72. The molecular formula is C25H38O4. The fourth-order valence-corrected chi connectivity index (χ4v) is 3.72. The van der Waals surface area contributed by atoms with Crippen LogP contribution in [-0.2, 0) is 4.79 Å². The van der Waals surface area contributed by atoms with Crippen LogP contribution in [0.5, 0.6) is 0 Å². The molecule has 0 bridgehead atoms. The Morgan fingerprint density at radius 2 is 1.28 bits per heavy atom. The summed E-state index contributed by atoms with van der Waals surface area (Å²) in [6.45, 7) is 4.33. The summed E-state index contributed by atoms with van der Waals surface area (Å²) in [5.41, 5.74) is 0.150. The van der Waals surface area contributed by atoms with E-state index in [2.05, 4.69) is 13.8 Å². The number of carbonyl (C=O) groups is 3. The monoisotopic (exact) mass is 402 g/mol. The third kappa shape index (κ3) is 9.38. The van der Waals surface area contributed by atoms with E-state index in [9.17, 15) is 19.5 Å². The van der Waals surface area contributed by atoms with E-state index in [4.69, 9.17) is 0 Å². The van der Waals surface area contributed by atoms with Crippen molar-refractivity contribution in [3.63, 3.8) is 0 Å². The molecule has 1 unspecified atom stereocenters. The van der Waals surface area contributed by atoms with Gasteiger partial charge in [0.2, 0.25) is 0 Å². The highest BCUT2D eigenvalue weighted by atomic mass is 16.4. The quantitative estimate of drug-likeness (QED) is 0.175. The number of carboxylic acids is 1. The first-order valence-electron chi connectivity index (χ1n) is 11.4. The van der Waals surface area contributed by atoms with E-state index in [0.717, 1.165) is 44.9 Å². The van der Waals surface area contributed by atoms with E-state index in [0.29, 0.717) is 12.8 Å². The molecular weight excluding hydrogens is 364 g/mol. The first kappa shape index (κ1) is 25.1. The van der Waals surface area contributed by atoms with E-state index in [1.165, 1.54) is 37.8 Å². The molecule has 0 aliphatic rings. The molecule has 0 saturated heterocycles. The van der Waals surface area contributed by atoms with Gasteiger partial charge in [0, 0.05) is 12.0 Å². The average molecular weight is 403 g/mol. The first-order valence-corrected chi connectivity index (χ1v) is 11.4. The predicted molar refractivity (Wildman–Crippen MR) is 118 cm³/mol. The summed E-state index contributed by atoms with van der Waals surface area (Å²) in [5, 5.41) is 9.42. The zero-order valence-electron chi connectivity index (χ0n) is 18.3. The minimum Gasteiger partial charge on any atom is -0.478 e. The molecule has 0 spiro atoms. The third-order valence-electron chi connectivity index (χ3n) is 5.50. The fraction of sp³-hybridized carbons (Fsp3) is 0.640. The van der Waals surface area contributed by atoms with Gasteiger partial charge in [-0.05, 0) is 18.9 Å². The van der Waals surface area contributed by atoms with Crippen molar-refractivity contribution in [3.05, 3.63) is 35.4 Å². The number of unbranched alkanes of at least 4 members (excludes halogenated alkanes) is 9. The van der Waals surface area contributed by atoms with Crippen molar-refractivity contribution in [1.29, 1.82) is 0 Å². The maximum Gasteiger partial charge on any atom is 0.336 e. The molecule has 162 valence electrons. The molecule has 0 saturated carbocycles. The lowest BCUT2D eigenvalue weighted by Gasteiger charge is -2.16. The standard InChI is InChI=1S/C25H38O4/c1-3-5-7-9-11-12-18-22(23(26)19-13-10-8-6-4-2)24(27)20-16-14-15-17-21(20)25(28)29/h14-17,22H,3-13,18-19H2,1-2H3,(H,28,29). The summed E-state index contributed by atoms with van der Waals surface area (Å²) in [4.78, 5) is 37.5. The summed E-state index contributed by atoms with van der Waals surface area (Å²) in [6.07, 6.45) is 12.7. The third-order valence-corrected chi connectivity index (χ3v) is 5.50. The van der Waals surface area contributed by atoms with Crippen molar-refractivity contribution >= 4 is 17.5 Å². The number of benzene rings is 1. The molecule has 0 amide bonds. The van der Waals surface area contributed by atoms with Gasteiger partial charge < -0.3 is 5.11 Å². The highest BCUT2D eigenvalue weighted by Crippen LogP contribution is 2.23. The van der Waals surface area contributed by atoms with Crippen LogP contribution in [0.1, 0.15) is 118 Å². The number of rotatable bonds is 17. The molecule has 0 aromatic heterocycles. The van der Waals surface area contributed by atoms with E-state index >= 15 is 0 Å². The van der Waals surface area contributed by atoms with Crippen LogP contribution >= 0.6 is 0 Å². The Hall–Kier alpha value is -1.97. The lowest BCUT2D eigenvalue weighted by Crippen LogP contribution is -2.26. The molecule has 4 nitrogen and oxygen atoms in total. The van der Waals surface area contributed by atoms with Crippen LogP contribution in [0.3, 0.4) is 0 Å². The van der Waals surface area contributed by atoms with Gasteiger partial charge >= 0.3 is 5.97 Å². The Morgan fingerprint density at radius 3 is 1.86 bits per heavy atom. The van der Waals surface area contributed by atoms with E-state index in [1.54, 1.807) is 12.1 Å². The number of hydrogen-bond acceptors (Lipinski definition) is 3. The molecule has 0 fully saturated rings. The molecule has 4 heteroatoms. The second kappa shape index (κ2) is 14.9. The maximum atomic E-state index is 13.1. The number of carbonyl (C=O) groups excluding carboxylic acids is 2. The predicted octanol–water partition coefficient (Wildman–Crippen LogP) is 6.86. The van der Waals surface area contributed by atoms with Gasteiger partial charge in [-0.2, -0.15) is 0 Å². The second-order valence-electron chi connectivity index (χ2n) is 7.95. The van der Waals surface area contributed by atoms with Gasteiger partial charge in [-0.25, -0.2) is 4.79 Å². The molecule has 0 radical (unpaired) electrons. The van der Waals surface area contributed by atoms with E-state index in [1.807, 2.05) is 0 Å². The van der Waals surface area contributed by atoms with Gasteiger partial charge in [0.05, 0.1) is 11.5 Å². The number of hydrogen-bond donors (Lipinski definition) is 1. The van der Waals surface area contributed by atoms with Crippen LogP contribution in [0.4, 0.5) is 0 Å². The van der Waals surface area contributed by atoms with Crippen LogP contribution in [-0.4, -0.2) is 22.6 Å². The smallest absolute Gasteiger partial charge is 0.336 e. The van der Waals surface area contributed by atoms with Crippen LogP contribution in [0.15, 0.2) is 24.3 Å². The summed E-state index contributed by atoms with van der Waals surface area (Å²) >= 11 is 0. The molecule has 1 atom stereocenters. The first-order chi connectivity index (χ1) is 14.0. The van der Waals surface area contributed by atoms with Crippen molar-refractivity contribution < 1.29 is 19.5 Å². The number of Topliss-reactive ketones (excluding diaryl/α,β-unsaturated/α-hetero) is 2. The molecule has 1 aromatic carbocycles. The van der Waals surface area contributed by atoms with Crippen molar-refractivity contribution in [1.82, 2.24) is 0 Å². The largest absolute Gasteiger partial charge is 0.478 e. The molecule has 0 heterocycles. The van der Waals surface area contributed by atoms with Crippen molar-refractivity contribution in [2.45, 2.75) is 97.3 Å². The molecule has 0 aliphatic heterocycles. The molecule has 1 aromatic rings. The molecule has 1 rings (SSSR count). The highest BCUT2D eigenvalue weighted by molar-refractivity contribution is 6.14. The van der Waals surface area contributed by atoms with Gasteiger partial charge in [0.25, 0.3) is 0 Å². The van der Waals surface area contributed by atoms with E-state index < -0.39 is 11.9 Å². The van der Waals surface area contributed by atoms with Gasteiger partial charge in [0.15, 0.2) is 5.78 Å². The van der Waals surface area contributed by atoms with Crippen molar-refractivity contribution in [2.75, 3.05) is 0 Å². The maximum absolute atomic E-state index is 13.1. The molecule has 0 aliphatic carbocycles. The van der Waals surface area contributed by atoms with Crippen LogP contribution < -0.4 is 0 Å². The van der Waals surface area contributed by atoms with Crippen LogP contribution in [0.25, 0.3) is 0 Å². The number of ketones is 2. The molecule has 1 N–H and O–H groups in total. The Labute approximate surface area is 176 Å². The highest BCUT2D eigenvalue weighted by Gasteiger charge is 2.29. The minimum absolute atomic E-state index is 0.0128. The Kier molecular flexibility index (Phi) is 12.9. The van der Waals surface area contributed by atoms with Crippen molar-refractivity contribution in [2.24, 2.45) is 5.92 Å². The zero-order chi connectivity index (χ0) is 21.5. The van der Waals surface area contributed by atoms with Gasteiger partial charge in [-0.3, -0.25) is 9.59 Å². The number of carboxylic acid groups (broad SMARTS) is 1. The summed E-state index contributed by atoms with van der Waals surface area (Å²) in [6, 6.07) is 6.25. The topological polar surface area (TPSA) is 71.4 Å². The van der Waals surface area contributed by atoms with Gasteiger partial charge in [-0.1, -0.05) is 96.3 Å². The molecule has 29 heavy (non-hydrogen) atoms. The normalized spacial score (nSPS) is 11.9. The summed E-state index contributed by atoms with van der Waals surface area (Å²) in [7, 11) is 0. The second-order valence-corrected chi connectivity index (χ2v) is 7.95. The lowest BCUT2D eigenvalue weighted by atomic mass is 9.85. The Balaban J connectivity index is 2.79. The summed E-state index contributed by atoms with van der Waals surface area (Å²) < 4.78 is 0. The SMILES string of the molecule is CCCCCCCCC(C(=O)CCCCCCC)C(=O)c1ccccc1C(=O)O. The van der Waals surface area contributed by atoms with Gasteiger partial charge in [0.1, 0.15) is 5.78 Å². The average Bonchev–Trinajstić information content (AvgIpc) is 2.72. The Bertz CT molecular complexity index is 635. The van der Waals surface area contributed by atoms with E-state index in [-0.39, 0.29) is 22.7 Å². The van der Waals surface area contributed by atoms with Crippen LogP contribution in [0, 0.1) is 5.92 Å². The van der Waals surface area contributed by atoms with Gasteiger partial charge in [-0.15, -0.1) is 0 Å². The number of aromatic carboxylic acids is 1. The van der Waals surface area contributed by atoms with Crippen molar-refractivity contribution in [3.8, 4) is 0 Å². The van der Waals surface area contributed by atoms with Crippen LogP contribution in [0.2, 0.25) is 0 Å². The summed E-state index contributed by atoms with van der Waals surface area (Å²) in [5.74, 6) is -2.19. The zero-order valence-corrected chi connectivity index (χ0v) is 18.3. The Morgan fingerprint density at radius 1 is 0.759 bits per heavy atom.